The van der Waals surface area contributed by atoms with Crippen molar-refractivity contribution < 1.29 is 50.9 Å². The Morgan fingerprint density at radius 1 is 0.619 bits per heavy atom. The van der Waals surface area contributed by atoms with Crippen LogP contribution in [0.5, 0.6) is 0 Å². The van der Waals surface area contributed by atoms with Crippen LogP contribution < -0.4 is 10.2 Å². The molecule has 0 bridgehead atoms. The maximum Gasteiger partial charge on any atom is 2.00 e. The average molecular weight is 524 g/mol. The van der Waals surface area contributed by atoms with Crippen LogP contribution in [-0.2, 0) is 9.59 Å². The van der Waals surface area contributed by atoms with Crippen LogP contribution in [0.25, 0.3) is 0 Å². The molecule has 0 rings (SSSR count). The van der Waals surface area contributed by atoms with Gasteiger partial charge >= 0.3 is 31.1 Å². The fraction of sp³-hybridized carbons (Fsp3) is 0.875. The van der Waals surface area contributed by atoms with Crippen molar-refractivity contribution in [2.45, 2.75) is 90.9 Å². The molecule has 0 aromatic rings. The molecule has 0 saturated carbocycles. The summed E-state index contributed by atoms with van der Waals surface area (Å²) in [6, 6.07) is 0. The number of carboxylic acids is 2. The molecule has 4 nitrogen and oxygen atoms in total. The van der Waals surface area contributed by atoms with Crippen molar-refractivity contribution in [2.24, 2.45) is 0 Å². The van der Waals surface area contributed by atoms with E-state index in [1.807, 2.05) is 0 Å². The zero-order valence-corrected chi connectivity index (χ0v) is 17.8. The molecule has 0 aliphatic rings. The van der Waals surface area contributed by atoms with E-state index in [-0.39, 0.29) is 44.0 Å². The Balaban J connectivity index is -0.000000295. The summed E-state index contributed by atoms with van der Waals surface area (Å²) < 4.78 is 0. The van der Waals surface area contributed by atoms with E-state index in [0.717, 1.165) is 38.5 Å². The fourth-order valence-corrected chi connectivity index (χ4v) is 1.75. The normalized spacial score (nSPS) is 9.24. The van der Waals surface area contributed by atoms with Gasteiger partial charge < -0.3 is 19.8 Å². The van der Waals surface area contributed by atoms with Crippen molar-refractivity contribution in [1.82, 2.24) is 0 Å². The van der Waals surface area contributed by atoms with Crippen LogP contribution in [0.1, 0.15) is 90.9 Å². The first-order valence-corrected chi connectivity index (χ1v) is 7.94. The van der Waals surface area contributed by atoms with Gasteiger partial charge in [-0.3, -0.25) is 0 Å². The van der Waals surface area contributed by atoms with Gasteiger partial charge in [-0.15, -0.1) is 0 Å². The summed E-state index contributed by atoms with van der Waals surface area (Å²) in [4.78, 5) is 19.8. The standard InChI is InChI=1S/2C8H16O2.U/c2*1-2-3-4-5-6-7-8(9)10;/h2*2-7H2,1H3,(H,9,10);/q;;+2/p-2. The van der Waals surface area contributed by atoms with Gasteiger partial charge in [-0.2, -0.15) is 0 Å². The van der Waals surface area contributed by atoms with E-state index in [1.165, 1.54) is 25.7 Å². The van der Waals surface area contributed by atoms with Crippen molar-refractivity contribution in [2.75, 3.05) is 0 Å². The number of hydrogen-bond donors (Lipinski definition) is 0. The van der Waals surface area contributed by atoms with Crippen molar-refractivity contribution in [1.29, 1.82) is 0 Å². The van der Waals surface area contributed by atoms with Crippen molar-refractivity contribution in [3.05, 3.63) is 0 Å². The average Bonchev–Trinajstić information content (AvgIpc) is 2.38. The molecule has 0 aliphatic carbocycles. The molecule has 21 heavy (non-hydrogen) atoms. The molecule has 0 amide bonds. The number of aliphatic carboxylic acids is 2. The van der Waals surface area contributed by atoms with E-state index in [1.54, 1.807) is 0 Å². The Hall–Kier alpha value is -0.00805. The molecule has 0 atom stereocenters. The van der Waals surface area contributed by atoms with Crippen LogP contribution in [0, 0.1) is 31.1 Å². The van der Waals surface area contributed by atoms with Crippen molar-refractivity contribution in [3.8, 4) is 0 Å². The first-order valence-electron chi connectivity index (χ1n) is 7.94. The maximum absolute atomic E-state index is 9.92. The molecule has 0 saturated heterocycles. The molecule has 0 spiro atoms. The topological polar surface area (TPSA) is 80.3 Å². The molecule has 0 aromatic carbocycles. The van der Waals surface area contributed by atoms with Gasteiger partial charge in [0.05, 0.1) is 0 Å². The van der Waals surface area contributed by atoms with Gasteiger partial charge in [-0.25, -0.2) is 0 Å². The SMILES string of the molecule is CCCCCCCC(=O)[O-].CCCCCCCC(=O)[O-].[U+2]. The van der Waals surface area contributed by atoms with E-state index < -0.39 is 11.9 Å². The maximum atomic E-state index is 9.92. The first kappa shape index (κ1) is 25.9. The summed E-state index contributed by atoms with van der Waals surface area (Å²) in [7, 11) is 0. The zero-order chi connectivity index (χ0) is 15.6. The number of hydrogen-bond acceptors (Lipinski definition) is 4. The third-order valence-corrected chi connectivity index (χ3v) is 2.97. The summed E-state index contributed by atoms with van der Waals surface area (Å²) in [5.41, 5.74) is 0. The van der Waals surface area contributed by atoms with Crippen molar-refractivity contribution in [3.63, 3.8) is 0 Å². The predicted octanol–water partition coefficient (Wildman–Crippen LogP) is 2.19. The third-order valence-electron chi connectivity index (χ3n) is 2.97. The molecule has 0 heterocycles. The van der Waals surface area contributed by atoms with E-state index >= 15 is 0 Å². The molecule has 0 unspecified atom stereocenters. The number of carbonyl (C=O) groups excluding carboxylic acids is 2. The van der Waals surface area contributed by atoms with Crippen LogP contribution in [0.4, 0.5) is 0 Å². The monoisotopic (exact) mass is 524 g/mol. The van der Waals surface area contributed by atoms with Gasteiger partial charge in [-0.05, 0) is 25.7 Å². The number of unbranched alkanes of at least 4 members (excludes halogenated alkanes) is 8. The van der Waals surface area contributed by atoms with Gasteiger partial charge in [0.2, 0.25) is 0 Å². The van der Waals surface area contributed by atoms with Gasteiger partial charge in [0.1, 0.15) is 0 Å². The van der Waals surface area contributed by atoms with Crippen LogP contribution in [0.2, 0.25) is 0 Å². The molecule has 0 fully saturated rings. The Morgan fingerprint density at radius 3 is 1.14 bits per heavy atom. The summed E-state index contributed by atoms with van der Waals surface area (Å²) in [5, 5.41) is 19.8. The minimum atomic E-state index is -0.920. The van der Waals surface area contributed by atoms with Gasteiger partial charge in [0, 0.05) is 11.9 Å². The minimum Gasteiger partial charge on any atom is -0.550 e. The summed E-state index contributed by atoms with van der Waals surface area (Å²) >= 11 is 0. The number of carbonyl (C=O) groups is 2. The second kappa shape index (κ2) is 22.3. The fourth-order valence-electron chi connectivity index (χ4n) is 1.75. The molecule has 0 aliphatic heterocycles. The molecule has 0 radical (unpaired) electrons. The third kappa shape index (κ3) is 33.1. The van der Waals surface area contributed by atoms with E-state index in [4.69, 9.17) is 0 Å². The molecule has 0 aromatic heterocycles. The summed E-state index contributed by atoms with van der Waals surface area (Å²) in [6.07, 6.45) is 11.2. The molecular formula is C16H30O4U. The zero-order valence-electron chi connectivity index (χ0n) is 13.6. The van der Waals surface area contributed by atoms with Gasteiger partial charge in [0.25, 0.3) is 0 Å². The quantitative estimate of drug-likeness (QED) is 0.367. The number of rotatable bonds is 12. The molecular weight excluding hydrogens is 494 g/mol. The molecule has 0 N–H and O–H groups in total. The van der Waals surface area contributed by atoms with Crippen LogP contribution in [0.15, 0.2) is 0 Å². The Bertz CT molecular complexity index is 208. The molecule has 122 valence electrons. The van der Waals surface area contributed by atoms with Gasteiger partial charge in [0.15, 0.2) is 0 Å². The number of carboxylic acid groups (broad SMARTS) is 2. The smallest absolute Gasteiger partial charge is 0.550 e. The predicted molar refractivity (Wildman–Crippen MR) is 76.8 cm³/mol. The van der Waals surface area contributed by atoms with Crippen molar-refractivity contribution >= 4 is 11.9 Å². The van der Waals surface area contributed by atoms with E-state index in [2.05, 4.69) is 13.8 Å². The first-order chi connectivity index (χ1) is 9.54. The largest absolute Gasteiger partial charge is 2.00 e. The summed E-state index contributed by atoms with van der Waals surface area (Å²) in [5.74, 6) is -1.84. The van der Waals surface area contributed by atoms with E-state index in [0.29, 0.717) is 0 Å². The molecule has 5 heteroatoms. The summed E-state index contributed by atoms with van der Waals surface area (Å²) in [6.45, 7) is 4.28. The second-order valence-corrected chi connectivity index (χ2v) is 5.07. The van der Waals surface area contributed by atoms with Gasteiger partial charge in [-0.1, -0.05) is 65.2 Å². The minimum absolute atomic E-state index is 0. The van der Waals surface area contributed by atoms with E-state index in [9.17, 15) is 19.8 Å². The van der Waals surface area contributed by atoms with Crippen LogP contribution in [0.3, 0.4) is 0 Å². The Kier molecular flexibility index (Phi) is 27.5. The van der Waals surface area contributed by atoms with Crippen LogP contribution >= 0.6 is 0 Å². The Labute approximate surface area is 153 Å². The second-order valence-electron chi connectivity index (χ2n) is 5.07. The Morgan fingerprint density at radius 2 is 0.905 bits per heavy atom. The van der Waals surface area contributed by atoms with Crippen LogP contribution in [-0.4, -0.2) is 11.9 Å².